The molecule has 3 aromatic rings. The molecule has 3 rings (SSSR count). The molecular formula is C18H19N3O4. The molecule has 130 valence electrons. The molecule has 0 radical (unpaired) electrons. The second kappa shape index (κ2) is 6.80. The van der Waals surface area contributed by atoms with Crippen LogP contribution in [-0.2, 0) is 9.47 Å². The van der Waals surface area contributed by atoms with Gasteiger partial charge in [0.1, 0.15) is 5.69 Å². The maximum atomic E-state index is 11.8. The molecule has 0 amide bonds. The van der Waals surface area contributed by atoms with Crippen molar-refractivity contribution < 1.29 is 19.1 Å². The lowest BCUT2D eigenvalue weighted by atomic mass is 10.1. The van der Waals surface area contributed by atoms with E-state index >= 15 is 0 Å². The van der Waals surface area contributed by atoms with Crippen LogP contribution in [0.5, 0.6) is 0 Å². The molecular weight excluding hydrogens is 322 g/mol. The van der Waals surface area contributed by atoms with E-state index < -0.39 is 5.97 Å². The van der Waals surface area contributed by atoms with Gasteiger partial charge in [-0.15, -0.1) is 0 Å². The number of fused-ring (bicyclic) bond motifs is 1. The number of imidazole rings is 1. The largest absolute Gasteiger partial charge is 0.461 e. The molecule has 2 N–H and O–H groups in total. The third-order valence-corrected chi connectivity index (χ3v) is 3.74. The van der Waals surface area contributed by atoms with Crippen LogP contribution in [0.2, 0.25) is 0 Å². The van der Waals surface area contributed by atoms with Gasteiger partial charge in [-0.25, -0.2) is 14.6 Å². The molecule has 0 fully saturated rings. The van der Waals surface area contributed by atoms with Gasteiger partial charge in [-0.1, -0.05) is 6.07 Å². The van der Waals surface area contributed by atoms with Crippen molar-refractivity contribution in [2.24, 2.45) is 0 Å². The van der Waals surface area contributed by atoms with Gasteiger partial charge in [-0.3, -0.25) is 0 Å². The second-order valence-corrected chi connectivity index (χ2v) is 5.48. The van der Waals surface area contributed by atoms with Crippen molar-refractivity contribution in [1.29, 1.82) is 0 Å². The molecule has 0 atom stereocenters. The topological polar surface area (TPSA) is 97.1 Å². The highest BCUT2D eigenvalue weighted by Crippen LogP contribution is 2.26. The molecule has 0 saturated carbocycles. The molecule has 2 heterocycles. The van der Waals surface area contributed by atoms with E-state index in [9.17, 15) is 9.59 Å². The molecule has 7 nitrogen and oxygen atoms in total. The van der Waals surface area contributed by atoms with Gasteiger partial charge < -0.3 is 19.4 Å². The Labute approximate surface area is 144 Å². The summed E-state index contributed by atoms with van der Waals surface area (Å²) in [6.07, 6.45) is 0. The van der Waals surface area contributed by atoms with Crippen LogP contribution in [0, 0.1) is 6.92 Å². The lowest BCUT2D eigenvalue weighted by molar-refractivity contribution is 0.0507. The summed E-state index contributed by atoms with van der Waals surface area (Å²) >= 11 is 0. The van der Waals surface area contributed by atoms with Gasteiger partial charge in [0.05, 0.1) is 18.9 Å². The number of carbonyl (C=O) groups excluding carboxylic acids is 2. The van der Waals surface area contributed by atoms with Crippen molar-refractivity contribution in [3.8, 4) is 11.3 Å². The summed E-state index contributed by atoms with van der Waals surface area (Å²) in [6.45, 7) is 5.97. The number of carbonyl (C=O) groups is 2. The maximum absolute atomic E-state index is 11.8. The first kappa shape index (κ1) is 16.8. The van der Waals surface area contributed by atoms with E-state index in [1.807, 2.05) is 25.1 Å². The molecule has 0 spiro atoms. The fraction of sp³-hybridized carbons (Fsp3) is 0.278. The van der Waals surface area contributed by atoms with Crippen LogP contribution in [0.25, 0.3) is 22.2 Å². The third-order valence-electron chi connectivity index (χ3n) is 3.74. The minimum Gasteiger partial charge on any atom is -0.461 e. The average Bonchev–Trinajstić information content (AvgIpc) is 3.18. The summed E-state index contributed by atoms with van der Waals surface area (Å²) in [6, 6.07) is 7.40. The fourth-order valence-corrected chi connectivity index (χ4v) is 2.64. The van der Waals surface area contributed by atoms with Gasteiger partial charge in [0.2, 0.25) is 5.82 Å². The molecule has 1 aromatic carbocycles. The summed E-state index contributed by atoms with van der Waals surface area (Å²) in [5, 5.41) is 0.862. The zero-order chi connectivity index (χ0) is 18.0. The fourth-order valence-electron chi connectivity index (χ4n) is 2.64. The smallest absolute Gasteiger partial charge is 0.374 e. The number of aromatic amines is 2. The lowest BCUT2D eigenvalue weighted by Gasteiger charge is -1.99. The van der Waals surface area contributed by atoms with E-state index in [4.69, 9.17) is 9.47 Å². The van der Waals surface area contributed by atoms with E-state index in [-0.39, 0.29) is 11.8 Å². The number of hydrogen-bond donors (Lipinski definition) is 2. The van der Waals surface area contributed by atoms with Crippen molar-refractivity contribution in [2.45, 2.75) is 20.8 Å². The number of aryl methyl sites for hydroxylation is 1. The molecule has 2 aromatic heterocycles. The first-order valence-corrected chi connectivity index (χ1v) is 8.07. The summed E-state index contributed by atoms with van der Waals surface area (Å²) in [7, 11) is 0. The number of hydrogen-bond acceptors (Lipinski definition) is 5. The first-order valence-electron chi connectivity index (χ1n) is 8.07. The number of nitrogens with zero attached hydrogens (tertiary/aromatic N) is 1. The zero-order valence-corrected chi connectivity index (χ0v) is 14.3. The number of nitrogens with one attached hydrogen (secondary N) is 2. The van der Waals surface area contributed by atoms with Crippen LogP contribution in [0.15, 0.2) is 24.3 Å². The Balaban J connectivity index is 1.96. The minimum atomic E-state index is -0.482. The van der Waals surface area contributed by atoms with E-state index in [0.29, 0.717) is 24.6 Å². The number of rotatable bonds is 5. The van der Waals surface area contributed by atoms with Crippen LogP contribution >= 0.6 is 0 Å². The number of aromatic nitrogens is 3. The van der Waals surface area contributed by atoms with Crippen LogP contribution in [0.1, 0.15) is 40.6 Å². The van der Waals surface area contributed by atoms with E-state index in [0.717, 1.165) is 22.2 Å². The van der Waals surface area contributed by atoms with E-state index in [1.165, 1.54) is 0 Å². The van der Waals surface area contributed by atoms with Crippen molar-refractivity contribution in [3.05, 3.63) is 41.5 Å². The Bertz CT molecular complexity index is 939. The highest BCUT2D eigenvalue weighted by molar-refractivity contribution is 5.96. The number of ether oxygens (including phenoxy) is 2. The molecule has 0 saturated heterocycles. The van der Waals surface area contributed by atoms with Crippen molar-refractivity contribution in [2.75, 3.05) is 13.2 Å². The lowest BCUT2D eigenvalue weighted by Crippen LogP contribution is -2.06. The van der Waals surface area contributed by atoms with Crippen LogP contribution < -0.4 is 0 Å². The van der Waals surface area contributed by atoms with Crippen LogP contribution in [0.3, 0.4) is 0 Å². The quantitative estimate of drug-likeness (QED) is 0.695. The Morgan fingerprint density at radius 2 is 1.76 bits per heavy atom. The summed E-state index contributed by atoms with van der Waals surface area (Å²) < 4.78 is 9.97. The molecule has 0 aliphatic carbocycles. The van der Waals surface area contributed by atoms with Gasteiger partial charge in [0.25, 0.3) is 0 Å². The summed E-state index contributed by atoms with van der Waals surface area (Å²) in [5.74, 6) is -0.694. The predicted molar refractivity (Wildman–Crippen MR) is 92.5 cm³/mol. The standard InChI is InChI=1S/C18H19N3O4/c1-4-24-17(22)14-9-12-8-11(6-7-13(12)20-14)15-10(3)19-16(21-15)18(23)25-5-2/h6-9,20H,4-5H2,1-3H3,(H,19,21). The number of H-pyrrole nitrogens is 2. The Kier molecular flexibility index (Phi) is 4.56. The van der Waals surface area contributed by atoms with E-state index in [1.54, 1.807) is 19.9 Å². The maximum Gasteiger partial charge on any atom is 0.374 e. The molecule has 0 aliphatic heterocycles. The number of esters is 2. The molecule has 25 heavy (non-hydrogen) atoms. The Morgan fingerprint density at radius 3 is 2.48 bits per heavy atom. The Morgan fingerprint density at radius 1 is 1.04 bits per heavy atom. The highest BCUT2D eigenvalue weighted by atomic mass is 16.5. The predicted octanol–water partition coefficient (Wildman–Crippen LogP) is 3.22. The van der Waals surface area contributed by atoms with Crippen LogP contribution in [-0.4, -0.2) is 40.1 Å². The summed E-state index contributed by atoms with van der Waals surface area (Å²) in [5.41, 5.74) is 3.50. The van der Waals surface area contributed by atoms with Crippen molar-refractivity contribution in [3.63, 3.8) is 0 Å². The van der Waals surface area contributed by atoms with Crippen molar-refractivity contribution in [1.82, 2.24) is 15.0 Å². The SMILES string of the molecule is CCOC(=O)c1cc2cc(-c3nc(C(=O)OCC)[nH]c3C)ccc2[nH]1. The molecule has 0 aliphatic rings. The third kappa shape index (κ3) is 3.26. The normalized spacial score (nSPS) is 10.8. The molecule has 0 unspecified atom stereocenters. The number of benzene rings is 1. The van der Waals surface area contributed by atoms with Gasteiger partial charge >= 0.3 is 11.9 Å². The monoisotopic (exact) mass is 341 g/mol. The van der Waals surface area contributed by atoms with Crippen LogP contribution in [0.4, 0.5) is 0 Å². The van der Waals surface area contributed by atoms with Crippen molar-refractivity contribution >= 4 is 22.8 Å². The molecule has 0 bridgehead atoms. The van der Waals surface area contributed by atoms with Gasteiger partial charge in [-0.2, -0.15) is 0 Å². The highest BCUT2D eigenvalue weighted by Gasteiger charge is 2.17. The average molecular weight is 341 g/mol. The second-order valence-electron chi connectivity index (χ2n) is 5.48. The zero-order valence-electron chi connectivity index (χ0n) is 14.3. The van der Waals surface area contributed by atoms with E-state index in [2.05, 4.69) is 15.0 Å². The minimum absolute atomic E-state index is 0.177. The first-order chi connectivity index (χ1) is 12.0. The van der Waals surface area contributed by atoms with Gasteiger partial charge in [0.15, 0.2) is 0 Å². The van der Waals surface area contributed by atoms with Gasteiger partial charge in [-0.05, 0) is 39.0 Å². The van der Waals surface area contributed by atoms with Gasteiger partial charge in [0, 0.05) is 22.2 Å². The Hall–Kier alpha value is -3.09. The summed E-state index contributed by atoms with van der Waals surface area (Å²) in [4.78, 5) is 34.0. The molecule has 7 heteroatoms.